The lowest BCUT2D eigenvalue weighted by molar-refractivity contribution is -0.152. The summed E-state index contributed by atoms with van der Waals surface area (Å²) in [6.07, 6.45) is 0.899. The van der Waals surface area contributed by atoms with Crippen molar-refractivity contribution in [3.8, 4) is 16.9 Å². The van der Waals surface area contributed by atoms with Crippen molar-refractivity contribution in [1.82, 2.24) is 10.2 Å². The molecule has 0 aromatic heterocycles. The molecule has 0 saturated heterocycles. The summed E-state index contributed by atoms with van der Waals surface area (Å²) in [6, 6.07) is 7.47. The Bertz CT molecular complexity index is 1110. The molecular formula is C25H31ClN4O5. The van der Waals surface area contributed by atoms with Gasteiger partial charge in [0.15, 0.2) is 0 Å². The van der Waals surface area contributed by atoms with Gasteiger partial charge in [-0.1, -0.05) is 23.7 Å². The van der Waals surface area contributed by atoms with Crippen molar-refractivity contribution >= 4 is 29.4 Å². The normalized spacial score (nSPS) is 21.1. The van der Waals surface area contributed by atoms with Crippen LogP contribution in [0.1, 0.15) is 24.0 Å². The Labute approximate surface area is 209 Å². The van der Waals surface area contributed by atoms with Crippen LogP contribution in [0, 0.1) is 0 Å². The molecular weight excluding hydrogens is 472 g/mol. The van der Waals surface area contributed by atoms with Crippen molar-refractivity contribution in [1.29, 1.82) is 0 Å². The summed E-state index contributed by atoms with van der Waals surface area (Å²) >= 11 is 6.47. The van der Waals surface area contributed by atoms with Crippen LogP contribution in [0.5, 0.6) is 5.75 Å². The van der Waals surface area contributed by atoms with Crippen LogP contribution in [-0.4, -0.2) is 66.6 Å². The van der Waals surface area contributed by atoms with E-state index in [1.807, 2.05) is 12.1 Å². The first-order valence-electron chi connectivity index (χ1n) is 11.4. The molecule has 0 saturated carbocycles. The molecule has 35 heavy (non-hydrogen) atoms. The number of esters is 1. The molecule has 2 aromatic rings. The number of carbonyl (C=O) groups excluding carboxylic acids is 3. The number of carbonyl (C=O) groups is 3. The SMILES string of the molecule is COC(=O)C1Cc2cc(ccc2Cl)-c2ccc(O)c(c2)CC(N)C(=O)N[C@@H](CCCN)C(=O)N1C. The smallest absolute Gasteiger partial charge is 0.328 e. The molecule has 10 heteroatoms. The lowest BCUT2D eigenvalue weighted by Gasteiger charge is -2.30. The summed E-state index contributed by atoms with van der Waals surface area (Å²) in [7, 11) is 2.74. The van der Waals surface area contributed by atoms with Crippen LogP contribution in [0.4, 0.5) is 0 Å². The standard InChI is InChI=1S/C25H31ClN4O5/c1-30-21(25(34)35-2)13-16-10-14(5-7-18(16)26)15-6-8-22(31)17(11-15)12-19(28)23(32)29-20(24(30)33)4-3-9-27/h5-8,10-11,19-21,31H,3-4,9,12-13,27-28H2,1-2H3,(H,29,32)/t19?,20-,21?/m0/s1. The number of amides is 2. The number of aromatic hydroxyl groups is 1. The predicted molar refractivity (Wildman–Crippen MR) is 133 cm³/mol. The number of likely N-dealkylation sites (N-methyl/N-ethyl adjacent to an activating group) is 1. The minimum absolute atomic E-state index is 0.0109. The van der Waals surface area contributed by atoms with Gasteiger partial charge in [-0.05, 0) is 65.9 Å². The van der Waals surface area contributed by atoms with Gasteiger partial charge < -0.3 is 31.5 Å². The molecule has 0 aliphatic carbocycles. The van der Waals surface area contributed by atoms with Crippen molar-refractivity contribution in [2.24, 2.45) is 11.5 Å². The highest BCUT2D eigenvalue weighted by atomic mass is 35.5. The Balaban J connectivity index is 2.14. The quantitative estimate of drug-likeness (QED) is 0.461. The molecule has 1 aliphatic heterocycles. The van der Waals surface area contributed by atoms with Gasteiger partial charge in [-0.15, -0.1) is 0 Å². The predicted octanol–water partition coefficient (Wildman–Crippen LogP) is 1.36. The number of ether oxygens (including phenoxy) is 1. The Hall–Kier alpha value is -3.14. The van der Waals surface area contributed by atoms with Gasteiger partial charge in [0.25, 0.3) is 0 Å². The van der Waals surface area contributed by atoms with Crippen LogP contribution in [-0.2, 0) is 32.0 Å². The molecule has 2 aromatic carbocycles. The van der Waals surface area contributed by atoms with Gasteiger partial charge >= 0.3 is 5.97 Å². The van der Waals surface area contributed by atoms with Crippen LogP contribution in [0.2, 0.25) is 5.02 Å². The second-order valence-electron chi connectivity index (χ2n) is 8.64. The van der Waals surface area contributed by atoms with E-state index in [0.717, 1.165) is 11.1 Å². The van der Waals surface area contributed by atoms with Gasteiger partial charge in [-0.25, -0.2) is 4.79 Å². The molecule has 2 unspecified atom stereocenters. The molecule has 188 valence electrons. The summed E-state index contributed by atoms with van der Waals surface area (Å²) < 4.78 is 4.98. The Kier molecular flexibility index (Phi) is 8.71. The lowest BCUT2D eigenvalue weighted by Crippen LogP contribution is -2.55. The van der Waals surface area contributed by atoms with E-state index in [-0.39, 0.29) is 25.0 Å². The van der Waals surface area contributed by atoms with Gasteiger partial charge in [-0.3, -0.25) is 9.59 Å². The first kappa shape index (κ1) is 26.5. The molecule has 0 fully saturated rings. The van der Waals surface area contributed by atoms with E-state index in [2.05, 4.69) is 5.32 Å². The van der Waals surface area contributed by atoms with Crippen molar-refractivity contribution < 1.29 is 24.2 Å². The number of hydrogen-bond donors (Lipinski definition) is 4. The van der Waals surface area contributed by atoms with E-state index in [1.54, 1.807) is 24.3 Å². The maximum Gasteiger partial charge on any atom is 0.328 e. The number of hydrogen-bond acceptors (Lipinski definition) is 7. The average molecular weight is 503 g/mol. The number of phenolic OH excluding ortho intramolecular Hbond substituents is 1. The summed E-state index contributed by atoms with van der Waals surface area (Å²) in [4.78, 5) is 40.4. The van der Waals surface area contributed by atoms with Crippen LogP contribution in [0.25, 0.3) is 11.1 Å². The number of nitrogens with one attached hydrogen (secondary N) is 1. The largest absolute Gasteiger partial charge is 0.508 e. The van der Waals surface area contributed by atoms with E-state index < -0.39 is 35.9 Å². The highest BCUT2D eigenvalue weighted by Gasteiger charge is 2.34. The fraction of sp³-hybridized carbons (Fsp3) is 0.400. The summed E-state index contributed by atoms with van der Waals surface area (Å²) in [5.41, 5.74) is 14.5. The van der Waals surface area contributed by atoms with Crippen LogP contribution in [0.15, 0.2) is 36.4 Å². The van der Waals surface area contributed by atoms with Gasteiger partial charge in [0.1, 0.15) is 17.8 Å². The monoisotopic (exact) mass is 502 g/mol. The molecule has 0 spiro atoms. The van der Waals surface area contributed by atoms with Crippen molar-refractivity contribution in [3.63, 3.8) is 0 Å². The number of phenols is 1. The van der Waals surface area contributed by atoms with E-state index in [9.17, 15) is 19.5 Å². The van der Waals surface area contributed by atoms with E-state index in [4.69, 9.17) is 27.8 Å². The Morgan fingerprint density at radius 2 is 1.83 bits per heavy atom. The fourth-order valence-corrected chi connectivity index (χ4v) is 4.34. The number of rotatable bonds is 4. The number of nitrogens with zero attached hydrogens (tertiary/aromatic N) is 1. The Morgan fingerprint density at radius 1 is 1.17 bits per heavy atom. The minimum Gasteiger partial charge on any atom is -0.508 e. The van der Waals surface area contributed by atoms with Gasteiger partial charge in [0, 0.05) is 24.9 Å². The topological polar surface area (TPSA) is 148 Å². The molecule has 3 rings (SSSR count). The molecule has 3 atom stereocenters. The third kappa shape index (κ3) is 6.11. The third-order valence-corrected chi connectivity index (χ3v) is 6.62. The zero-order valence-electron chi connectivity index (χ0n) is 19.8. The number of nitrogens with two attached hydrogens (primary N) is 2. The average Bonchev–Trinajstić information content (AvgIpc) is 2.85. The van der Waals surface area contributed by atoms with E-state index in [1.165, 1.54) is 19.1 Å². The molecule has 4 bridgehead atoms. The van der Waals surface area contributed by atoms with E-state index >= 15 is 0 Å². The number of methoxy groups -OCH3 is 1. The molecule has 1 aliphatic rings. The fourth-order valence-electron chi connectivity index (χ4n) is 4.15. The molecule has 9 nitrogen and oxygen atoms in total. The third-order valence-electron chi connectivity index (χ3n) is 6.25. The molecule has 6 N–H and O–H groups in total. The molecule has 1 heterocycles. The van der Waals surface area contributed by atoms with Gasteiger partial charge in [-0.2, -0.15) is 0 Å². The van der Waals surface area contributed by atoms with Crippen molar-refractivity contribution in [2.45, 2.75) is 43.8 Å². The van der Waals surface area contributed by atoms with Gasteiger partial charge in [0.05, 0.1) is 13.2 Å². The van der Waals surface area contributed by atoms with Crippen LogP contribution in [0.3, 0.4) is 0 Å². The van der Waals surface area contributed by atoms with Crippen LogP contribution >= 0.6 is 11.6 Å². The number of benzene rings is 2. The maximum atomic E-state index is 13.4. The number of halogens is 1. The summed E-state index contributed by atoms with van der Waals surface area (Å²) in [5.74, 6) is -1.62. The van der Waals surface area contributed by atoms with Crippen molar-refractivity contribution in [3.05, 3.63) is 52.5 Å². The summed E-state index contributed by atoms with van der Waals surface area (Å²) in [6.45, 7) is 0.318. The lowest BCUT2D eigenvalue weighted by atomic mass is 9.96. The van der Waals surface area contributed by atoms with Crippen molar-refractivity contribution in [2.75, 3.05) is 20.7 Å². The molecule has 0 radical (unpaired) electrons. The molecule has 2 amide bonds. The highest BCUT2D eigenvalue weighted by Crippen LogP contribution is 2.31. The number of fused-ring (bicyclic) bond motifs is 5. The minimum atomic E-state index is -1.02. The zero-order valence-corrected chi connectivity index (χ0v) is 20.5. The second-order valence-corrected chi connectivity index (χ2v) is 9.05. The maximum absolute atomic E-state index is 13.4. The van der Waals surface area contributed by atoms with E-state index in [0.29, 0.717) is 29.1 Å². The zero-order chi connectivity index (χ0) is 25.7. The first-order chi connectivity index (χ1) is 16.7. The van der Waals surface area contributed by atoms with Gasteiger partial charge in [0.2, 0.25) is 11.8 Å². The highest BCUT2D eigenvalue weighted by molar-refractivity contribution is 6.31. The Morgan fingerprint density at radius 3 is 2.49 bits per heavy atom. The van der Waals surface area contributed by atoms with Crippen LogP contribution < -0.4 is 16.8 Å². The first-order valence-corrected chi connectivity index (χ1v) is 11.7. The summed E-state index contributed by atoms with van der Waals surface area (Å²) in [5, 5.41) is 13.5. The second kappa shape index (κ2) is 11.5.